The molecule has 4 aliphatic heterocycles. The van der Waals surface area contributed by atoms with Gasteiger partial charge in [-0.25, -0.2) is 10.2 Å². The SMILES string of the molecule is CCn1c(C2=C([C@H](C)OC)N=CCC2)c2c3cc(ccc31)-c1cc(O)cc(c1)C[C@H](NC(=O)[C@H](C(C)C)N(C)C(=O)[C@@H]1CN(C(=O)OC)C[C@@H]1C)C(=O)N1CCC[C@H](N1)C(=O)OCC(C)(C)C2. The van der Waals surface area contributed by atoms with Crippen LogP contribution < -0.4 is 10.7 Å². The summed E-state index contributed by atoms with van der Waals surface area (Å²) in [4.78, 5) is 77.5. The summed E-state index contributed by atoms with van der Waals surface area (Å²) < 4.78 is 19.2. The number of carbonyl (C=O) groups is 5. The zero-order valence-corrected chi connectivity index (χ0v) is 40.8. The van der Waals surface area contributed by atoms with E-state index in [1.165, 1.54) is 21.9 Å². The zero-order chi connectivity index (χ0) is 48.5. The Morgan fingerprint density at radius 1 is 1.07 bits per heavy atom. The van der Waals surface area contributed by atoms with Crippen molar-refractivity contribution in [1.29, 1.82) is 0 Å². The quantitative estimate of drug-likeness (QED) is 0.212. The van der Waals surface area contributed by atoms with Crippen LogP contribution in [0.15, 0.2) is 47.1 Å². The lowest BCUT2D eigenvalue weighted by Gasteiger charge is -2.37. The van der Waals surface area contributed by atoms with Crippen LogP contribution in [0.25, 0.3) is 27.6 Å². The molecule has 2 aromatic carbocycles. The number of nitrogens with one attached hydrogen (secondary N) is 2. The third-order valence-electron chi connectivity index (χ3n) is 14.0. The molecule has 0 aliphatic carbocycles. The molecule has 6 bridgehead atoms. The number of aromatic hydroxyl groups is 1. The second-order valence-corrected chi connectivity index (χ2v) is 19.9. The fourth-order valence-corrected chi connectivity index (χ4v) is 10.5. The minimum Gasteiger partial charge on any atom is -0.508 e. The van der Waals surface area contributed by atoms with Crippen molar-refractivity contribution in [3.05, 3.63) is 58.9 Å². The Hall–Kier alpha value is -5.74. The molecule has 67 heavy (non-hydrogen) atoms. The Labute approximate surface area is 394 Å². The second kappa shape index (κ2) is 20.2. The van der Waals surface area contributed by atoms with Gasteiger partial charge in [0.25, 0.3) is 5.91 Å². The number of aliphatic imine (C=N–C) groups is 1. The van der Waals surface area contributed by atoms with Gasteiger partial charge in [-0.05, 0) is 104 Å². The average Bonchev–Trinajstić information content (AvgIpc) is 3.85. The monoisotopic (exact) mass is 924 g/mol. The van der Waals surface area contributed by atoms with Crippen LogP contribution in [0, 0.1) is 23.2 Å². The first-order valence-electron chi connectivity index (χ1n) is 23.8. The van der Waals surface area contributed by atoms with E-state index in [1.54, 1.807) is 26.3 Å². The van der Waals surface area contributed by atoms with Crippen LogP contribution in [-0.4, -0.2) is 132 Å². The predicted molar refractivity (Wildman–Crippen MR) is 256 cm³/mol. The van der Waals surface area contributed by atoms with E-state index in [1.807, 2.05) is 46.0 Å². The van der Waals surface area contributed by atoms with Crippen molar-refractivity contribution >= 4 is 52.5 Å². The molecule has 5 heterocycles. The molecule has 6 atom stereocenters. The van der Waals surface area contributed by atoms with Gasteiger partial charge in [0.1, 0.15) is 23.9 Å². The standard InChI is InChI=1S/C51H69N7O9/c1-11-57-42-17-16-33-24-37(42)38(45(57)36-14-12-18-52-43(36)31(5)65-9)25-51(6,7)28-67-49(63)40-15-13-19-58(54-40)48(62)41(22-32-20-34(33)23-35(59)21-32)53-46(60)44(29(2)3)55(8)47(61)39-27-56(26-30(39)4)50(64)66-10/h16-18,20-21,23-24,29-31,39-41,44,54,59H,11-15,19,22,25-28H2,1-10H3,(H,53,60)/t30-,31-,39+,40-,41-,44-/m0/s1. The first-order chi connectivity index (χ1) is 31.9. The summed E-state index contributed by atoms with van der Waals surface area (Å²) >= 11 is 0. The number of allylic oxidation sites excluding steroid dienone is 1. The van der Waals surface area contributed by atoms with Crippen LogP contribution in [0.4, 0.5) is 4.79 Å². The molecule has 0 saturated carbocycles. The Bertz CT molecular complexity index is 2460. The van der Waals surface area contributed by atoms with Crippen molar-refractivity contribution in [1.82, 2.24) is 30.1 Å². The second-order valence-electron chi connectivity index (χ2n) is 19.9. The number of hydrogen-bond acceptors (Lipinski definition) is 11. The van der Waals surface area contributed by atoms with E-state index >= 15 is 0 Å². The van der Waals surface area contributed by atoms with Gasteiger partial charge in [0.15, 0.2) is 0 Å². The van der Waals surface area contributed by atoms with Gasteiger partial charge in [0.05, 0.1) is 37.1 Å². The number of esters is 1. The molecular weight excluding hydrogens is 855 g/mol. The third kappa shape index (κ3) is 10.3. The highest BCUT2D eigenvalue weighted by molar-refractivity contribution is 5.96. The van der Waals surface area contributed by atoms with Crippen molar-refractivity contribution in [2.24, 2.45) is 28.2 Å². The zero-order valence-electron chi connectivity index (χ0n) is 40.8. The van der Waals surface area contributed by atoms with E-state index in [4.69, 9.17) is 19.2 Å². The maximum atomic E-state index is 14.8. The summed E-state index contributed by atoms with van der Waals surface area (Å²) in [6.07, 6.45) is 4.29. The lowest BCUT2D eigenvalue weighted by atomic mass is 9.83. The summed E-state index contributed by atoms with van der Waals surface area (Å²) in [5.74, 6) is -2.88. The Morgan fingerprint density at radius 3 is 2.54 bits per heavy atom. The highest BCUT2D eigenvalue weighted by atomic mass is 16.5. The number of benzene rings is 2. The van der Waals surface area contributed by atoms with E-state index in [0.29, 0.717) is 37.9 Å². The maximum absolute atomic E-state index is 14.8. The normalized spacial score (nSPS) is 23.2. The van der Waals surface area contributed by atoms with Gasteiger partial charge in [0.2, 0.25) is 11.8 Å². The Morgan fingerprint density at radius 2 is 1.84 bits per heavy atom. The smallest absolute Gasteiger partial charge is 0.409 e. The molecule has 0 spiro atoms. The van der Waals surface area contributed by atoms with E-state index in [2.05, 4.69) is 48.2 Å². The predicted octanol–water partition coefficient (Wildman–Crippen LogP) is 6.11. The number of fused-ring (bicyclic) bond motifs is 6. The van der Waals surface area contributed by atoms with Crippen LogP contribution in [0.2, 0.25) is 0 Å². The fourth-order valence-electron chi connectivity index (χ4n) is 10.5. The molecule has 2 saturated heterocycles. The largest absolute Gasteiger partial charge is 0.508 e. The van der Waals surface area contributed by atoms with E-state index in [-0.39, 0.29) is 55.7 Å². The van der Waals surface area contributed by atoms with Crippen molar-refractivity contribution in [3.8, 4) is 16.9 Å². The van der Waals surface area contributed by atoms with Gasteiger partial charge in [-0.3, -0.25) is 29.2 Å². The molecule has 16 nitrogen and oxygen atoms in total. The van der Waals surface area contributed by atoms with Gasteiger partial charge >= 0.3 is 12.1 Å². The number of hydrogen-bond donors (Lipinski definition) is 3. The number of cyclic esters (lactones) is 1. The topological polar surface area (TPSA) is 184 Å². The molecule has 0 radical (unpaired) electrons. The number of likely N-dealkylation sites (tertiary alicyclic amines) is 1. The minimum atomic E-state index is -1.17. The Kier molecular flexibility index (Phi) is 14.9. The number of carbonyl (C=O) groups excluding carboxylic acids is 5. The summed E-state index contributed by atoms with van der Waals surface area (Å²) in [6, 6.07) is 8.57. The molecule has 0 unspecified atom stereocenters. The number of methoxy groups -OCH3 is 2. The lowest BCUT2D eigenvalue weighted by molar-refractivity contribution is -0.155. The summed E-state index contributed by atoms with van der Waals surface area (Å²) in [5, 5.41) is 16.8. The summed E-state index contributed by atoms with van der Waals surface area (Å²) in [5.41, 5.74) is 10.0. The number of rotatable bonds is 9. The molecule has 16 heteroatoms. The molecule has 7 rings (SSSR count). The van der Waals surface area contributed by atoms with Gasteiger partial charge in [-0.1, -0.05) is 46.8 Å². The number of phenols is 1. The molecule has 2 fully saturated rings. The van der Waals surface area contributed by atoms with Crippen LogP contribution >= 0.6 is 0 Å². The van der Waals surface area contributed by atoms with Crippen molar-refractivity contribution in [2.45, 2.75) is 118 Å². The van der Waals surface area contributed by atoms with Crippen LogP contribution in [0.3, 0.4) is 0 Å². The van der Waals surface area contributed by atoms with E-state index in [9.17, 15) is 29.1 Å². The van der Waals surface area contributed by atoms with E-state index in [0.717, 1.165) is 57.4 Å². The lowest BCUT2D eigenvalue weighted by Crippen LogP contribution is -2.62. The van der Waals surface area contributed by atoms with Crippen LogP contribution in [0.5, 0.6) is 5.75 Å². The van der Waals surface area contributed by atoms with Crippen LogP contribution in [0.1, 0.15) is 91.0 Å². The minimum absolute atomic E-state index is 0.00732. The summed E-state index contributed by atoms with van der Waals surface area (Å²) in [6.45, 7) is 15.5. The Balaban J connectivity index is 1.31. The molecule has 1 aromatic heterocycles. The first-order valence-corrected chi connectivity index (χ1v) is 23.8. The number of hydrazine groups is 1. The highest BCUT2D eigenvalue weighted by Crippen LogP contribution is 2.42. The van der Waals surface area contributed by atoms with Gasteiger partial charge in [-0.15, -0.1) is 0 Å². The van der Waals surface area contributed by atoms with Gasteiger partial charge in [0, 0.05) is 74.9 Å². The first kappa shape index (κ1) is 49.2. The maximum Gasteiger partial charge on any atom is 0.409 e. The molecular formula is C51H69N7O9. The number of aromatic nitrogens is 1. The molecule has 4 aliphatic rings. The van der Waals surface area contributed by atoms with Gasteiger partial charge in [-0.2, -0.15) is 0 Å². The number of amides is 4. The third-order valence-corrected chi connectivity index (χ3v) is 14.0. The van der Waals surface area contributed by atoms with Gasteiger partial charge < -0.3 is 39.0 Å². The van der Waals surface area contributed by atoms with E-state index < -0.39 is 53.3 Å². The fraction of sp³-hybridized carbons (Fsp3) is 0.569. The molecule has 362 valence electrons. The molecule has 3 N–H and O–H groups in total. The van der Waals surface area contributed by atoms with Crippen molar-refractivity contribution in [3.63, 3.8) is 0 Å². The molecule has 4 amide bonds. The number of phenolic OH excluding ortho intramolecular Hbond substituents is 1. The average molecular weight is 924 g/mol. The van der Waals surface area contributed by atoms with Crippen molar-refractivity contribution < 1.29 is 43.3 Å². The molecule has 3 aromatic rings. The van der Waals surface area contributed by atoms with Crippen molar-refractivity contribution in [2.75, 3.05) is 47.5 Å². The number of aryl methyl sites for hydroxylation is 1. The number of ether oxygens (including phenoxy) is 3. The summed E-state index contributed by atoms with van der Waals surface area (Å²) in [7, 11) is 4.57. The number of nitrogens with zero attached hydrogens (tertiary/aromatic N) is 5. The number of likely N-dealkylation sites (N-methyl/N-ethyl adjacent to an activating group) is 1. The van der Waals surface area contributed by atoms with Crippen LogP contribution in [-0.2, 0) is 52.8 Å². The highest BCUT2D eigenvalue weighted by Gasteiger charge is 2.43.